The average molecular weight is 376 g/mol. The second-order valence-corrected chi connectivity index (χ2v) is 7.88. The van der Waals surface area contributed by atoms with Gasteiger partial charge in [-0.2, -0.15) is 0 Å². The molecular weight excluding hydrogens is 348 g/mol. The number of carbonyl (C=O) groups is 1. The molecule has 26 heavy (non-hydrogen) atoms. The molecule has 1 aromatic heterocycles. The first-order valence-corrected chi connectivity index (χ1v) is 9.89. The molecule has 0 saturated carbocycles. The number of hydrogen-bond acceptors (Lipinski definition) is 4. The number of anilines is 1. The van der Waals surface area contributed by atoms with Gasteiger partial charge in [-0.15, -0.1) is 11.3 Å². The van der Waals surface area contributed by atoms with Crippen LogP contribution in [0.25, 0.3) is 0 Å². The lowest BCUT2D eigenvalue weighted by Gasteiger charge is -2.33. The summed E-state index contributed by atoms with van der Waals surface area (Å²) in [5.74, 6) is 0.929. The van der Waals surface area contributed by atoms with Crippen molar-refractivity contribution in [3.05, 3.63) is 46.7 Å². The van der Waals surface area contributed by atoms with Gasteiger partial charge in [0.1, 0.15) is 31.0 Å². The summed E-state index contributed by atoms with van der Waals surface area (Å²) in [5, 5.41) is 2.04. The Balaban J connectivity index is 1.76. The zero-order chi connectivity index (χ0) is 18.5. The van der Waals surface area contributed by atoms with Crippen molar-refractivity contribution in [2.75, 3.05) is 31.6 Å². The highest BCUT2D eigenvalue weighted by molar-refractivity contribution is 7.09. The summed E-state index contributed by atoms with van der Waals surface area (Å²) in [6, 6.07) is 11.8. The second-order valence-electron chi connectivity index (χ2n) is 6.85. The average Bonchev–Trinajstić information content (AvgIpc) is 3.12. The van der Waals surface area contributed by atoms with E-state index in [1.54, 1.807) is 18.4 Å². The number of benzene rings is 1. The van der Waals surface area contributed by atoms with Gasteiger partial charge in [0.05, 0.1) is 13.7 Å². The number of quaternary nitrogens is 1. The van der Waals surface area contributed by atoms with Crippen molar-refractivity contribution >= 4 is 22.9 Å². The van der Waals surface area contributed by atoms with Crippen LogP contribution in [0.1, 0.15) is 18.7 Å². The maximum atomic E-state index is 13.1. The Bertz CT molecular complexity index is 692. The molecule has 140 valence electrons. The minimum Gasteiger partial charge on any atom is -0.497 e. The maximum absolute atomic E-state index is 13.1. The van der Waals surface area contributed by atoms with Crippen LogP contribution in [0.3, 0.4) is 0 Å². The number of ether oxygens (including phenoxy) is 2. The van der Waals surface area contributed by atoms with E-state index in [0.717, 1.165) is 24.5 Å². The summed E-state index contributed by atoms with van der Waals surface area (Å²) in [4.78, 5) is 17.5. The third kappa shape index (κ3) is 4.84. The van der Waals surface area contributed by atoms with Crippen molar-refractivity contribution in [1.82, 2.24) is 0 Å². The van der Waals surface area contributed by atoms with Gasteiger partial charge in [0.15, 0.2) is 6.54 Å². The Kier molecular flexibility index (Phi) is 6.29. The van der Waals surface area contributed by atoms with E-state index in [1.165, 1.54) is 9.78 Å². The van der Waals surface area contributed by atoms with Crippen LogP contribution in [0.15, 0.2) is 41.8 Å². The highest BCUT2D eigenvalue weighted by Gasteiger charge is 2.29. The molecule has 1 saturated heterocycles. The SMILES string of the molecule is COc1ccc(N(Cc2cccs2)C(=O)C[NH+]2C[C@@H](C)O[C@@H](C)C2)cc1. The Morgan fingerprint density at radius 3 is 2.50 bits per heavy atom. The van der Waals surface area contributed by atoms with Crippen molar-refractivity contribution in [1.29, 1.82) is 0 Å². The number of nitrogens with one attached hydrogen (secondary N) is 1. The largest absolute Gasteiger partial charge is 0.497 e. The fraction of sp³-hybridized carbons (Fsp3) is 0.450. The lowest BCUT2D eigenvalue weighted by atomic mass is 10.2. The molecule has 1 aliphatic heterocycles. The molecule has 3 atom stereocenters. The van der Waals surface area contributed by atoms with Crippen LogP contribution in [0.5, 0.6) is 5.75 Å². The minimum atomic E-state index is 0.139. The number of amides is 1. The van der Waals surface area contributed by atoms with Crippen molar-refractivity contribution < 1.29 is 19.2 Å². The molecule has 1 fully saturated rings. The first-order valence-electron chi connectivity index (χ1n) is 9.01. The van der Waals surface area contributed by atoms with Gasteiger partial charge in [0.25, 0.3) is 5.91 Å². The zero-order valence-electron chi connectivity index (χ0n) is 15.6. The van der Waals surface area contributed by atoms with E-state index in [0.29, 0.717) is 13.1 Å². The number of nitrogens with zero attached hydrogens (tertiary/aromatic N) is 1. The summed E-state index contributed by atoms with van der Waals surface area (Å²) in [6.45, 7) is 6.96. The molecular formula is C20H27N2O3S+. The molecule has 3 rings (SSSR count). The van der Waals surface area contributed by atoms with Crippen LogP contribution in [0, 0.1) is 0 Å². The fourth-order valence-corrected chi connectivity index (χ4v) is 4.18. The molecule has 2 heterocycles. The van der Waals surface area contributed by atoms with Crippen LogP contribution in [-0.4, -0.2) is 44.9 Å². The Labute approximate surface area is 159 Å². The monoisotopic (exact) mass is 375 g/mol. The number of rotatable bonds is 6. The Morgan fingerprint density at radius 2 is 1.92 bits per heavy atom. The summed E-state index contributed by atoms with van der Waals surface area (Å²) < 4.78 is 11.0. The second kappa shape index (κ2) is 8.66. The van der Waals surface area contributed by atoms with E-state index in [1.807, 2.05) is 40.6 Å². The third-order valence-electron chi connectivity index (χ3n) is 4.60. The van der Waals surface area contributed by atoms with Gasteiger partial charge >= 0.3 is 0 Å². The molecule has 1 unspecified atom stereocenters. The number of methoxy groups -OCH3 is 1. The molecule has 1 N–H and O–H groups in total. The van der Waals surface area contributed by atoms with Crippen molar-refractivity contribution in [2.24, 2.45) is 0 Å². The van der Waals surface area contributed by atoms with Gasteiger partial charge in [-0.3, -0.25) is 4.79 Å². The normalized spacial score (nSPS) is 22.8. The predicted octanol–water partition coefficient (Wildman–Crippen LogP) is 1.98. The molecule has 6 heteroatoms. The van der Waals surface area contributed by atoms with E-state index in [-0.39, 0.29) is 18.1 Å². The highest BCUT2D eigenvalue weighted by atomic mass is 32.1. The van der Waals surface area contributed by atoms with E-state index >= 15 is 0 Å². The van der Waals surface area contributed by atoms with Crippen LogP contribution in [0.2, 0.25) is 0 Å². The predicted molar refractivity (Wildman–Crippen MR) is 104 cm³/mol. The van der Waals surface area contributed by atoms with Crippen LogP contribution in [0.4, 0.5) is 5.69 Å². The molecule has 0 aliphatic carbocycles. The van der Waals surface area contributed by atoms with Gasteiger partial charge < -0.3 is 19.3 Å². The zero-order valence-corrected chi connectivity index (χ0v) is 16.4. The molecule has 2 aromatic rings. The van der Waals surface area contributed by atoms with Crippen molar-refractivity contribution in [3.8, 4) is 5.75 Å². The first kappa shape index (κ1) is 18.9. The number of carbonyl (C=O) groups excluding carboxylic acids is 1. The lowest BCUT2D eigenvalue weighted by Crippen LogP contribution is -3.16. The first-order chi connectivity index (χ1) is 12.5. The van der Waals surface area contributed by atoms with Gasteiger partial charge in [-0.25, -0.2) is 0 Å². The molecule has 1 amide bonds. The Hall–Kier alpha value is -1.89. The smallest absolute Gasteiger partial charge is 0.282 e. The molecule has 1 aliphatic rings. The summed E-state index contributed by atoms with van der Waals surface area (Å²) in [5.41, 5.74) is 0.901. The van der Waals surface area contributed by atoms with E-state index in [4.69, 9.17) is 9.47 Å². The number of morpholine rings is 1. The quantitative estimate of drug-likeness (QED) is 0.840. The molecule has 1 aromatic carbocycles. The van der Waals surface area contributed by atoms with Gasteiger partial charge in [-0.1, -0.05) is 6.07 Å². The number of thiophene rings is 1. The standard InChI is InChI=1S/C20H26N2O3S/c1-15-11-21(12-16(2)25-15)14-20(23)22(13-19-5-4-10-26-19)17-6-8-18(24-3)9-7-17/h4-10,15-16H,11-14H2,1-3H3/p+1/t15-,16+. The fourth-order valence-electron chi connectivity index (χ4n) is 3.49. The summed E-state index contributed by atoms with van der Waals surface area (Å²) in [6.07, 6.45) is 0.376. The Morgan fingerprint density at radius 1 is 1.23 bits per heavy atom. The van der Waals surface area contributed by atoms with E-state index < -0.39 is 0 Å². The molecule has 0 bridgehead atoms. The van der Waals surface area contributed by atoms with Gasteiger partial charge in [-0.05, 0) is 49.6 Å². The molecule has 5 nitrogen and oxygen atoms in total. The van der Waals surface area contributed by atoms with Crippen LogP contribution >= 0.6 is 11.3 Å². The van der Waals surface area contributed by atoms with Crippen LogP contribution < -0.4 is 14.5 Å². The lowest BCUT2D eigenvalue weighted by molar-refractivity contribution is -0.907. The van der Waals surface area contributed by atoms with E-state index in [2.05, 4.69) is 19.9 Å². The molecule has 0 spiro atoms. The summed E-state index contributed by atoms with van der Waals surface area (Å²) in [7, 11) is 1.65. The number of hydrogen-bond donors (Lipinski definition) is 1. The summed E-state index contributed by atoms with van der Waals surface area (Å²) >= 11 is 1.67. The molecule has 0 radical (unpaired) electrons. The van der Waals surface area contributed by atoms with Gasteiger partial charge in [0.2, 0.25) is 0 Å². The minimum absolute atomic E-state index is 0.139. The van der Waals surface area contributed by atoms with Crippen molar-refractivity contribution in [2.45, 2.75) is 32.6 Å². The van der Waals surface area contributed by atoms with Gasteiger partial charge in [0, 0.05) is 10.6 Å². The highest BCUT2D eigenvalue weighted by Crippen LogP contribution is 2.22. The maximum Gasteiger partial charge on any atom is 0.282 e. The van der Waals surface area contributed by atoms with E-state index in [9.17, 15) is 4.79 Å². The van der Waals surface area contributed by atoms with Crippen LogP contribution in [-0.2, 0) is 16.1 Å². The third-order valence-corrected chi connectivity index (χ3v) is 5.46. The van der Waals surface area contributed by atoms with Crippen molar-refractivity contribution in [3.63, 3.8) is 0 Å². The topological polar surface area (TPSA) is 43.2 Å².